The maximum Gasteiger partial charge on any atom is 0.417 e. The van der Waals surface area contributed by atoms with E-state index in [2.05, 4.69) is 49.3 Å². The number of aromatic nitrogens is 1. The highest BCUT2D eigenvalue weighted by molar-refractivity contribution is 6.41. The fourth-order valence-electron chi connectivity index (χ4n) is 4.38. The Hall–Kier alpha value is -4.22. The number of alkyl halides is 6. The molecule has 216 valence electrons. The molecule has 2 aliphatic rings. The average Bonchev–Trinajstić information content (AvgIpc) is 3.59. The van der Waals surface area contributed by atoms with Crippen LogP contribution in [0.1, 0.15) is 41.9 Å². The quantitative estimate of drug-likeness (QED) is 0.242. The molecule has 5 rings (SSSR count). The summed E-state index contributed by atoms with van der Waals surface area (Å²) in [6.07, 6.45) is -4.57. The molecule has 3 heterocycles. The van der Waals surface area contributed by atoms with Crippen LogP contribution in [0.3, 0.4) is 0 Å². The van der Waals surface area contributed by atoms with Crippen molar-refractivity contribution in [1.82, 2.24) is 10.1 Å². The van der Waals surface area contributed by atoms with Gasteiger partial charge in [-0.05, 0) is 36.6 Å². The number of hydrogen-bond acceptors (Lipinski definition) is 6. The highest BCUT2D eigenvalue weighted by Crippen LogP contribution is 2.40. The number of fused-ring (bicyclic) bond motifs is 1. The van der Waals surface area contributed by atoms with Crippen LogP contribution in [0.15, 0.2) is 79.8 Å². The summed E-state index contributed by atoms with van der Waals surface area (Å²) in [7, 11) is 1.75. The molecule has 0 radical (unpaired) electrons. The van der Waals surface area contributed by atoms with E-state index < -0.39 is 29.0 Å². The van der Waals surface area contributed by atoms with Crippen molar-refractivity contribution >= 4 is 17.9 Å². The van der Waals surface area contributed by atoms with E-state index in [1.807, 2.05) is 13.0 Å². The molecule has 0 saturated carbocycles. The molecule has 0 unspecified atom stereocenters. The van der Waals surface area contributed by atoms with E-state index in [1.54, 1.807) is 20.2 Å². The maximum atomic E-state index is 13.0. The number of aryl methyl sites for hydroxylation is 1. The van der Waals surface area contributed by atoms with Crippen molar-refractivity contribution in [3.05, 3.63) is 88.3 Å². The van der Waals surface area contributed by atoms with Crippen LogP contribution >= 0.6 is 0 Å². The fraction of sp³-hybridized carbons (Fsp3) is 0.310. The minimum Gasteiger partial charge on any atom is -0.361 e. The van der Waals surface area contributed by atoms with Crippen molar-refractivity contribution in [2.24, 2.45) is 15.0 Å². The molecule has 12 heteroatoms. The standard InChI is InChI=1S/C16H18N4.C13H9F6NO/c1-3-14-15(10-17-2)19-16(18-14)20-9-8-12-6-4-5-7-13(12)11-20;1-2-8-6-11(20-21-8)9-4-3-7(12(14,15)16)5-10(9)13(17,18)19/h3-7,10H,8-9,11H2,1-2H3;3-6H,2H2,1H3/b14-3+,17-10?;. The summed E-state index contributed by atoms with van der Waals surface area (Å²) in [6, 6.07) is 11.3. The number of benzene rings is 2. The Morgan fingerprint density at radius 3 is 2.32 bits per heavy atom. The number of nitrogens with zero attached hydrogens (tertiary/aromatic N) is 5. The third-order valence-corrected chi connectivity index (χ3v) is 6.48. The van der Waals surface area contributed by atoms with E-state index in [1.165, 1.54) is 17.2 Å². The summed E-state index contributed by atoms with van der Waals surface area (Å²) in [5.41, 5.74) is 1.22. The maximum absolute atomic E-state index is 13.0. The SMILES string of the molecule is C/C=C1/N=C(N2CCc3ccccc3C2)N=C1C=NC.CCc1cc(-c2ccc(C(F)(F)F)cc2C(F)(F)F)no1. The molecule has 1 aromatic heterocycles. The smallest absolute Gasteiger partial charge is 0.361 e. The average molecular weight is 576 g/mol. The molecule has 0 spiro atoms. The molecule has 0 bridgehead atoms. The summed E-state index contributed by atoms with van der Waals surface area (Å²) in [5.74, 6) is 1.15. The lowest BCUT2D eigenvalue weighted by atomic mass is 10.0. The van der Waals surface area contributed by atoms with Crippen molar-refractivity contribution in [3.8, 4) is 11.3 Å². The zero-order valence-corrected chi connectivity index (χ0v) is 22.5. The molecule has 2 aromatic carbocycles. The van der Waals surface area contributed by atoms with E-state index in [4.69, 9.17) is 4.52 Å². The Morgan fingerprint density at radius 2 is 1.71 bits per heavy atom. The van der Waals surface area contributed by atoms with Gasteiger partial charge in [0.15, 0.2) is 0 Å². The van der Waals surface area contributed by atoms with Crippen LogP contribution in [-0.4, -0.2) is 41.5 Å². The molecule has 0 fully saturated rings. The molecule has 41 heavy (non-hydrogen) atoms. The lowest BCUT2D eigenvalue weighted by molar-refractivity contribution is -0.142. The predicted octanol–water partition coefficient (Wildman–Crippen LogP) is 7.40. The topological polar surface area (TPSA) is 66.3 Å². The van der Waals surface area contributed by atoms with Crippen molar-refractivity contribution in [2.45, 2.75) is 45.6 Å². The van der Waals surface area contributed by atoms with E-state index >= 15 is 0 Å². The number of hydrogen-bond donors (Lipinski definition) is 0. The summed E-state index contributed by atoms with van der Waals surface area (Å²) in [5, 5.41) is 3.47. The second-order valence-electron chi connectivity index (χ2n) is 9.20. The van der Waals surface area contributed by atoms with Crippen LogP contribution in [0.25, 0.3) is 11.3 Å². The highest BCUT2D eigenvalue weighted by atomic mass is 19.4. The Morgan fingerprint density at radius 1 is 0.976 bits per heavy atom. The van der Waals surface area contributed by atoms with Gasteiger partial charge in [-0.15, -0.1) is 0 Å². The van der Waals surface area contributed by atoms with Gasteiger partial charge in [0.2, 0.25) is 5.96 Å². The van der Waals surface area contributed by atoms with Crippen molar-refractivity contribution in [2.75, 3.05) is 13.6 Å². The van der Waals surface area contributed by atoms with Crippen LogP contribution in [0.4, 0.5) is 26.3 Å². The first-order chi connectivity index (χ1) is 19.4. The monoisotopic (exact) mass is 575 g/mol. The molecule has 0 N–H and O–H groups in total. The highest BCUT2D eigenvalue weighted by Gasteiger charge is 2.39. The lowest BCUT2D eigenvalue weighted by Gasteiger charge is -2.28. The number of rotatable bonds is 3. The van der Waals surface area contributed by atoms with Gasteiger partial charge in [0.25, 0.3) is 0 Å². The molecular formula is C29H27F6N5O. The molecule has 0 aliphatic carbocycles. The van der Waals surface area contributed by atoms with Crippen molar-refractivity contribution in [1.29, 1.82) is 0 Å². The normalized spacial score (nSPS) is 16.4. The molecule has 3 aromatic rings. The van der Waals surface area contributed by atoms with E-state index in [-0.39, 0.29) is 11.8 Å². The molecule has 6 nitrogen and oxygen atoms in total. The van der Waals surface area contributed by atoms with E-state index in [0.29, 0.717) is 18.2 Å². The summed E-state index contributed by atoms with van der Waals surface area (Å²) >= 11 is 0. The van der Waals surface area contributed by atoms with Gasteiger partial charge in [0.05, 0.1) is 16.8 Å². The van der Waals surface area contributed by atoms with Gasteiger partial charge < -0.3 is 9.42 Å². The third-order valence-electron chi connectivity index (χ3n) is 6.48. The van der Waals surface area contributed by atoms with Gasteiger partial charge in [-0.2, -0.15) is 26.3 Å². The van der Waals surface area contributed by atoms with Gasteiger partial charge in [-0.25, -0.2) is 9.98 Å². The molecular weight excluding hydrogens is 548 g/mol. The Kier molecular flexibility index (Phi) is 8.79. The largest absolute Gasteiger partial charge is 0.417 e. The van der Waals surface area contributed by atoms with Crippen molar-refractivity contribution < 1.29 is 30.9 Å². The number of aliphatic imine (C=N–C) groups is 3. The predicted molar refractivity (Wildman–Crippen MR) is 145 cm³/mol. The summed E-state index contributed by atoms with van der Waals surface area (Å²) < 4.78 is 81.3. The molecule has 2 aliphatic heterocycles. The Balaban J connectivity index is 0.000000189. The third kappa shape index (κ3) is 6.93. The molecule has 0 amide bonds. The van der Waals surface area contributed by atoms with Gasteiger partial charge in [-0.1, -0.05) is 48.5 Å². The minimum atomic E-state index is -4.93. The van der Waals surface area contributed by atoms with Crippen molar-refractivity contribution in [3.63, 3.8) is 0 Å². The Bertz CT molecular complexity index is 1510. The summed E-state index contributed by atoms with van der Waals surface area (Å²) in [6.45, 7) is 5.53. The Labute approximate surface area is 232 Å². The van der Waals surface area contributed by atoms with Crippen LogP contribution in [0.5, 0.6) is 0 Å². The number of guanidine groups is 1. The van der Waals surface area contributed by atoms with E-state index in [0.717, 1.165) is 42.9 Å². The fourth-order valence-corrected chi connectivity index (χ4v) is 4.38. The van der Waals surface area contributed by atoms with Gasteiger partial charge in [0.1, 0.15) is 17.2 Å². The second-order valence-corrected chi connectivity index (χ2v) is 9.20. The first-order valence-electron chi connectivity index (χ1n) is 12.8. The minimum absolute atomic E-state index is 0.0790. The molecule has 0 saturated heterocycles. The summed E-state index contributed by atoms with van der Waals surface area (Å²) in [4.78, 5) is 15.5. The van der Waals surface area contributed by atoms with Crippen LogP contribution < -0.4 is 0 Å². The number of allylic oxidation sites excluding steroid dienone is 2. The zero-order chi connectivity index (χ0) is 29.8. The van der Waals surface area contributed by atoms with Gasteiger partial charge in [-0.3, -0.25) is 4.99 Å². The van der Waals surface area contributed by atoms with Gasteiger partial charge >= 0.3 is 12.4 Å². The first-order valence-corrected chi connectivity index (χ1v) is 12.8. The van der Waals surface area contributed by atoms with Crippen LogP contribution in [-0.2, 0) is 31.7 Å². The molecule has 0 atom stereocenters. The number of halogens is 6. The van der Waals surface area contributed by atoms with Crippen LogP contribution in [0.2, 0.25) is 0 Å². The van der Waals surface area contributed by atoms with E-state index in [9.17, 15) is 26.3 Å². The second kappa shape index (κ2) is 12.1. The zero-order valence-electron chi connectivity index (χ0n) is 22.5. The lowest BCUT2D eigenvalue weighted by Crippen LogP contribution is -2.34. The van der Waals surface area contributed by atoms with Crippen LogP contribution in [0, 0.1) is 0 Å². The first kappa shape index (κ1) is 29.8. The van der Waals surface area contributed by atoms with Gasteiger partial charge in [0, 0.05) is 44.4 Å².